The van der Waals surface area contributed by atoms with Crippen molar-refractivity contribution in [1.29, 1.82) is 0 Å². The van der Waals surface area contributed by atoms with Crippen molar-refractivity contribution in [1.82, 2.24) is 19.5 Å². The molecule has 3 heterocycles. The topological polar surface area (TPSA) is 65.1 Å². The van der Waals surface area contributed by atoms with E-state index in [1.54, 1.807) is 22.2 Å². The number of aromatic nitrogens is 4. The first-order chi connectivity index (χ1) is 13.1. The number of rotatable bonds is 6. The number of quaternary nitrogens is 1. The Hall–Kier alpha value is -2.29. The van der Waals surface area contributed by atoms with Crippen molar-refractivity contribution in [3.05, 3.63) is 52.4 Å². The molecule has 1 N–H and O–H groups in total. The molecule has 0 fully saturated rings. The van der Waals surface area contributed by atoms with E-state index in [0.29, 0.717) is 17.1 Å². The summed E-state index contributed by atoms with van der Waals surface area (Å²) in [5.41, 5.74) is 0.725. The van der Waals surface area contributed by atoms with Gasteiger partial charge in [-0.1, -0.05) is 12.1 Å². The van der Waals surface area contributed by atoms with E-state index in [1.807, 2.05) is 35.7 Å². The lowest BCUT2D eigenvalue weighted by atomic mass is 10.2. The summed E-state index contributed by atoms with van der Waals surface area (Å²) in [6, 6.07) is 9.53. The molecule has 4 aromatic rings. The zero-order valence-corrected chi connectivity index (χ0v) is 16.8. The van der Waals surface area contributed by atoms with Gasteiger partial charge in [0.2, 0.25) is 0 Å². The molecular formula is C19H20N5OS2+. The Balaban J connectivity index is 1.80. The van der Waals surface area contributed by atoms with Gasteiger partial charge in [0, 0.05) is 18.4 Å². The summed E-state index contributed by atoms with van der Waals surface area (Å²) in [4.78, 5) is 28.9. The predicted octanol–water partition coefficient (Wildman–Crippen LogP) is 2.09. The van der Waals surface area contributed by atoms with Gasteiger partial charge < -0.3 is 4.90 Å². The minimum atomic E-state index is 0.00692. The summed E-state index contributed by atoms with van der Waals surface area (Å²) in [6.07, 6.45) is 2.48. The lowest BCUT2D eigenvalue weighted by molar-refractivity contribution is -0.858. The molecule has 0 saturated carbocycles. The Labute approximate surface area is 164 Å². The zero-order chi connectivity index (χ0) is 18.8. The quantitative estimate of drug-likeness (QED) is 0.398. The highest BCUT2D eigenvalue weighted by Gasteiger charge is 2.15. The van der Waals surface area contributed by atoms with Crippen LogP contribution >= 0.6 is 23.1 Å². The molecule has 0 aliphatic rings. The van der Waals surface area contributed by atoms with E-state index in [2.05, 4.69) is 24.1 Å². The van der Waals surface area contributed by atoms with Crippen molar-refractivity contribution in [3.63, 3.8) is 0 Å². The molecule has 0 aliphatic carbocycles. The number of benzene rings is 1. The van der Waals surface area contributed by atoms with Gasteiger partial charge in [0.1, 0.15) is 16.2 Å². The summed E-state index contributed by atoms with van der Waals surface area (Å²) in [5.74, 6) is 0. The molecule has 138 valence electrons. The third-order valence-corrected chi connectivity index (χ3v) is 6.13. The van der Waals surface area contributed by atoms with E-state index in [1.165, 1.54) is 16.7 Å². The monoisotopic (exact) mass is 398 g/mol. The van der Waals surface area contributed by atoms with Crippen molar-refractivity contribution in [2.45, 2.75) is 23.1 Å². The third-order valence-electron chi connectivity index (χ3n) is 4.30. The van der Waals surface area contributed by atoms with E-state index >= 15 is 0 Å². The molecule has 0 unspecified atom stereocenters. The van der Waals surface area contributed by atoms with Crippen molar-refractivity contribution >= 4 is 44.2 Å². The Morgan fingerprint density at radius 3 is 2.85 bits per heavy atom. The van der Waals surface area contributed by atoms with E-state index in [0.717, 1.165) is 33.7 Å². The molecule has 27 heavy (non-hydrogen) atoms. The second-order valence-electron chi connectivity index (χ2n) is 6.60. The first-order valence-corrected chi connectivity index (χ1v) is 10.5. The maximum Gasteiger partial charge on any atom is 0.262 e. The van der Waals surface area contributed by atoms with Crippen LogP contribution in [0.15, 0.2) is 57.0 Å². The lowest BCUT2D eigenvalue weighted by Gasteiger charge is -2.14. The van der Waals surface area contributed by atoms with Crippen LogP contribution in [0.4, 0.5) is 0 Å². The number of hydrogen-bond donors (Lipinski definition) is 1. The molecule has 0 bridgehead atoms. The average molecular weight is 399 g/mol. The summed E-state index contributed by atoms with van der Waals surface area (Å²) in [7, 11) is 4.23. The Bertz CT molecular complexity index is 1150. The standard InChI is InChI=1S/C19H19N5OS2/c1-23(2)9-5-10-24-18(25)13-6-3-4-7-15(13)22-19(24)27-17-14-8-11-26-16(14)20-12-21-17/h3-4,6-8,11-12H,5,9-10H2,1-2H3/p+1. The van der Waals surface area contributed by atoms with Crippen LogP contribution in [0, 0.1) is 0 Å². The van der Waals surface area contributed by atoms with Gasteiger partial charge in [-0.3, -0.25) is 9.36 Å². The highest BCUT2D eigenvalue weighted by Crippen LogP contribution is 2.32. The number of nitrogens with one attached hydrogen (secondary N) is 1. The molecule has 3 aromatic heterocycles. The smallest absolute Gasteiger partial charge is 0.262 e. The minimum absolute atomic E-state index is 0.00692. The van der Waals surface area contributed by atoms with E-state index < -0.39 is 0 Å². The molecule has 0 saturated heterocycles. The molecule has 0 atom stereocenters. The van der Waals surface area contributed by atoms with Gasteiger partial charge >= 0.3 is 0 Å². The van der Waals surface area contributed by atoms with Gasteiger partial charge in [-0.15, -0.1) is 11.3 Å². The highest BCUT2D eigenvalue weighted by atomic mass is 32.2. The summed E-state index contributed by atoms with van der Waals surface area (Å²) < 4.78 is 1.79. The molecule has 0 amide bonds. The number of para-hydroxylation sites is 1. The van der Waals surface area contributed by atoms with E-state index in [9.17, 15) is 4.79 Å². The summed E-state index contributed by atoms with van der Waals surface area (Å²) in [6.45, 7) is 1.63. The number of thiophene rings is 1. The fraction of sp³-hybridized carbons (Fsp3) is 0.263. The molecule has 0 spiro atoms. The van der Waals surface area contributed by atoms with Crippen LogP contribution < -0.4 is 10.5 Å². The number of fused-ring (bicyclic) bond motifs is 2. The van der Waals surface area contributed by atoms with Crippen LogP contribution in [0.3, 0.4) is 0 Å². The van der Waals surface area contributed by atoms with Crippen LogP contribution in [0.25, 0.3) is 21.1 Å². The van der Waals surface area contributed by atoms with Crippen molar-refractivity contribution in [2.24, 2.45) is 0 Å². The van der Waals surface area contributed by atoms with Crippen LogP contribution in [-0.4, -0.2) is 40.2 Å². The fourth-order valence-electron chi connectivity index (χ4n) is 2.95. The molecule has 4 rings (SSSR count). The second-order valence-corrected chi connectivity index (χ2v) is 8.45. The van der Waals surface area contributed by atoms with Crippen LogP contribution in [-0.2, 0) is 6.54 Å². The fourth-order valence-corrected chi connectivity index (χ4v) is 4.72. The minimum Gasteiger partial charge on any atom is -0.340 e. The number of nitrogens with zero attached hydrogens (tertiary/aromatic N) is 4. The Morgan fingerprint density at radius 1 is 1.15 bits per heavy atom. The first kappa shape index (κ1) is 18.1. The van der Waals surface area contributed by atoms with E-state index in [4.69, 9.17) is 4.98 Å². The summed E-state index contributed by atoms with van der Waals surface area (Å²) in [5, 5.41) is 5.17. The molecule has 6 nitrogen and oxygen atoms in total. The van der Waals surface area contributed by atoms with Gasteiger partial charge in [0.15, 0.2) is 5.16 Å². The normalized spacial score (nSPS) is 11.7. The van der Waals surface area contributed by atoms with Crippen molar-refractivity contribution < 1.29 is 4.90 Å². The average Bonchev–Trinajstić information content (AvgIpc) is 3.14. The Morgan fingerprint density at radius 2 is 2.00 bits per heavy atom. The molecule has 1 aromatic carbocycles. The van der Waals surface area contributed by atoms with Crippen LogP contribution in [0.5, 0.6) is 0 Å². The molecule has 8 heteroatoms. The second kappa shape index (κ2) is 7.75. The molecule has 0 aliphatic heterocycles. The summed E-state index contributed by atoms with van der Waals surface area (Å²) >= 11 is 3.02. The molecule has 0 radical (unpaired) electrons. The van der Waals surface area contributed by atoms with Gasteiger partial charge in [-0.25, -0.2) is 15.0 Å². The van der Waals surface area contributed by atoms with Crippen LogP contribution in [0.1, 0.15) is 6.42 Å². The zero-order valence-electron chi connectivity index (χ0n) is 15.2. The highest BCUT2D eigenvalue weighted by molar-refractivity contribution is 7.99. The molecular weight excluding hydrogens is 378 g/mol. The van der Waals surface area contributed by atoms with Gasteiger partial charge in [-0.05, 0) is 35.3 Å². The Kier molecular flexibility index (Phi) is 5.20. The SMILES string of the molecule is C[NH+](C)CCCn1c(Sc2ncnc3sccc23)nc2ccccc2c1=O. The number of hydrogen-bond acceptors (Lipinski definition) is 6. The van der Waals surface area contributed by atoms with Crippen LogP contribution in [0.2, 0.25) is 0 Å². The third kappa shape index (κ3) is 3.73. The predicted molar refractivity (Wildman–Crippen MR) is 110 cm³/mol. The maximum absolute atomic E-state index is 13.1. The maximum atomic E-state index is 13.1. The lowest BCUT2D eigenvalue weighted by Crippen LogP contribution is -3.05. The van der Waals surface area contributed by atoms with Gasteiger partial charge in [0.05, 0.1) is 31.5 Å². The first-order valence-electron chi connectivity index (χ1n) is 8.78. The van der Waals surface area contributed by atoms with Gasteiger partial charge in [-0.2, -0.15) is 0 Å². The van der Waals surface area contributed by atoms with Gasteiger partial charge in [0.25, 0.3) is 5.56 Å². The van der Waals surface area contributed by atoms with Crippen molar-refractivity contribution in [3.8, 4) is 0 Å². The van der Waals surface area contributed by atoms with E-state index in [-0.39, 0.29) is 5.56 Å². The largest absolute Gasteiger partial charge is 0.340 e. The van der Waals surface area contributed by atoms with Crippen molar-refractivity contribution in [2.75, 3.05) is 20.6 Å².